The number of ether oxygens (including phenoxy) is 1. The van der Waals surface area contributed by atoms with Gasteiger partial charge in [-0.3, -0.25) is 0 Å². The quantitative estimate of drug-likeness (QED) is 0.330. The third-order valence-electron chi connectivity index (χ3n) is 6.98. The number of allylic oxidation sites excluding steroid dienone is 9. The molecule has 0 aromatic carbocycles. The molecule has 0 aromatic heterocycles. The van der Waals surface area contributed by atoms with E-state index in [9.17, 15) is 9.59 Å². The van der Waals surface area contributed by atoms with Crippen LogP contribution in [0.5, 0.6) is 0 Å². The molecule has 3 nitrogen and oxygen atoms in total. The fraction of sp³-hybridized carbons (Fsp3) is 0.556. The summed E-state index contributed by atoms with van der Waals surface area (Å²) >= 11 is 0. The Balaban J connectivity index is 1.93. The second-order valence-corrected chi connectivity index (χ2v) is 10.0. The minimum Gasteiger partial charge on any atom is -0.362 e. The van der Waals surface area contributed by atoms with E-state index in [2.05, 4.69) is 45.9 Å². The molecule has 2 unspecified atom stereocenters. The first-order valence-corrected chi connectivity index (χ1v) is 11.0. The van der Waals surface area contributed by atoms with Gasteiger partial charge >= 0.3 is 0 Å². The summed E-state index contributed by atoms with van der Waals surface area (Å²) in [5.41, 5.74) is 4.08. The molecular weight excluding hydrogens is 372 g/mol. The van der Waals surface area contributed by atoms with Gasteiger partial charge in [-0.2, -0.15) is 0 Å². The molecule has 0 radical (unpaired) electrons. The summed E-state index contributed by atoms with van der Waals surface area (Å²) in [5.74, 6) is -0.364. The Morgan fingerprint density at radius 1 is 1.10 bits per heavy atom. The van der Waals surface area contributed by atoms with Gasteiger partial charge < -0.3 is 14.3 Å². The monoisotopic (exact) mass is 410 g/mol. The van der Waals surface area contributed by atoms with Crippen LogP contribution < -0.4 is 0 Å². The van der Waals surface area contributed by atoms with Crippen molar-refractivity contribution in [3.63, 3.8) is 0 Å². The molecule has 0 aromatic rings. The lowest BCUT2D eigenvalue weighted by Crippen LogP contribution is -2.24. The fourth-order valence-electron chi connectivity index (χ4n) is 4.61. The molecule has 2 aliphatic rings. The van der Waals surface area contributed by atoms with E-state index in [0.717, 1.165) is 18.1 Å². The van der Waals surface area contributed by atoms with Crippen molar-refractivity contribution in [1.29, 1.82) is 0 Å². The van der Waals surface area contributed by atoms with Gasteiger partial charge in [0.05, 0.1) is 12.5 Å². The van der Waals surface area contributed by atoms with Crippen LogP contribution in [0.2, 0.25) is 0 Å². The SMILES string of the molecule is CC(C=CC1=C(C)CCCC1(C)C)=CC=CC(C)=CCOC1(C=O)C(C=O)C1(C)C. The van der Waals surface area contributed by atoms with Gasteiger partial charge in [0, 0.05) is 5.41 Å². The van der Waals surface area contributed by atoms with Crippen molar-refractivity contribution >= 4 is 12.6 Å². The van der Waals surface area contributed by atoms with E-state index in [1.165, 1.54) is 36.0 Å². The largest absolute Gasteiger partial charge is 0.362 e. The van der Waals surface area contributed by atoms with Crippen LogP contribution in [0.3, 0.4) is 0 Å². The standard InChI is InChI=1S/C27H38O3/c1-20(13-14-23-22(3)12-9-16-25(23,4)5)10-8-11-21(2)15-17-30-27(19-29)24(18-28)26(27,6)7/h8,10-11,13-15,18-19,24H,9,12,16-17H2,1-7H3. The fourth-order valence-corrected chi connectivity index (χ4v) is 4.61. The smallest absolute Gasteiger partial charge is 0.153 e. The molecule has 1 saturated carbocycles. The van der Waals surface area contributed by atoms with Gasteiger partial charge in [-0.05, 0) is 51.0 Å². The summed E-state index contributed by atoms with van der Waals surface area (Å²) in [7, 11) is 0. The average Bonchev–Trinajstić information content (AvgIpc) is 3.14. The second kappa shape index (κ2) is 9.43. The number of carbonyl (C=O) groups excluding carboxylic acids is 2. The van der Waals surface area contributed by atoms with E-state index < -0.39 is 11.0 Å². The van der Waals surface area contributed by atoms with Gasteiger partial charge in [-0.1, -0.05) is 80.9 Å². The molecule has 0 bridgehead atoms. The summed E-state index contributed by atoms with van der Waals surface area (Å²) in [6, 6.07) is 0. The molecule has 0 N–H and O–H groups in total. The highest BCUT2D eigenvalue weighted by Crippen LogP contribution is 2.61. The predicted molar refractivity (Wildman–Crippen MR) is 124 cm³/mol. The average molecular weight is 411 g/mol. The van der Waals surface area contributed by atoms with Crippen LogP contribution in [0.1, 0.15) is 67.7 Å². The first kappa shape index (κ1) is 24.3. The van der Waals surface area contributed by atoms with E-state index in [0.29, 0.717) is 6.61 Å². The van der Waals surface area contributed by atoms with Gasteiger partial charge in [0.1, 0.15) is 11.9 Å². The molecule has 2 aliphatic carbocycles. The maximum atomic E-state index is 11.5. The third kappa shape index (κ3) is 5.00. The summed E-state index contributed by atoms with van der Waals surface area (Å²) in [5, 5.41) is 0. The lowest BCUT2D eigenvalue weighted by Gasteiger charge is -2.32. The lowest BCUT2D eigenvalue weighted by molar-refractivity contribution is -0.125. The molecule has 2 atom stereocenters. The van der Waals surface area contributed by atoms with E-state index in [1.807, 2.05) is 39.0 Å². The summed E-state index contributed by atoms with van der Waals surface area (Å²) < 4.78 is 5.80. The number of rotatable bonds is 9. The van der Waals surface area contributed by atoms with Crippen LogP contribution in [-0.2, 0) is 14.3 Å². The number of hydrogen-bond donors (Lipinski definition) is 0. The van der Waals surface area contributed by atoms with Crippen LogP contribution >= 0.6 is 0 Å². The molecule has 2 rings (SSSR count). The Hall–Kier alpha value is -2.00. The molecule has 1 fully saturated rings. The zero-order chi connectivity index (χ0) is 22.6. The number of aldehydes is 2. The maximum Gasteiger partial charge on any atom is 0.153 e. The molecule has 0 spiro atoms. The predicted octanol–water partition coefficient (Wildman–Crippen LogP) is 6.33. The minimum absolute atomic E-state index is 0.256. The van der Waals surface area contributed by atoms with Crippen LogP contribution in [0, 0.1) is 16.7 Å². The Kier molecular flexibility index (Phi) is 7.63. The first-order chi connectivity index (χ1) is 14.0. The molecule has 0 amide bonds. The Bertz CT molecular complexity index is 817. The summed E-state index contributed by atoms with van der Waals surface area (Å²) in [4.78, 5) is 22.7. The Morgan fingerprint density at radius 3 is 2.37 bits per heavy atom. The van der Waals surface area contributed by atoms with E-state index in [1.54, 1.807) is 0 Å². The highest BCUT2D eigenvalue weighted by molar-refractivity contribution is 5.82. The summed E-state index contributed by atoms with van der Waals surface area (Å²) in [6.45, 7) is 15.1. The molecule has 0 heterocycles. The Labute approximate surface area is 182 Å². The van der Waals surface area contributed by atoms with E-state index >= 15 is 0 Å². The molecule has 3 heteroatoms. The highest BCUT2D eigenvalue weighted by atomic mass is 16.5. The highest BCUT2D eigenvalue weighted by Gasteiger charge is 2.73. The molecule has 0 aliphatic heterocycles. The van der Waals surface area contributed by atoms with Crippen molar-refractivity contribution in [2.75, 3.05) is 6.61 Å². The van der Waals surface area contributed by atoms with Gasteiger partial charge in [0.25, 0.3) is 0 Å². The number of carbonyl (C=O) groups is 2. The van der Waals surface area contributed by atoms with Crippen LogP contribution in [0.25, 0.3) is 0 Å². The second-order valence-electron chi connectivity index (χ2n) is 10.0. The van der Waals surface area contributed by atoms with Gasteiger partial charge in [-0.25, -0.2) is 0 Å². The van der Waals surface area contributed by atoms with Gasteiger partial charge in [0.2, 0.25) is 0 Å². The summed E-state index contributed by atoms with van der Waals surface area (Å²) in [6.07, 6.45) is 17.9. The molecule has 0 saturated heterocycles. The van der Waals surface area contributed by atoms with E-state index in [4.69, 9.17) is 4.74 Å². The van der Waals surface area contributed by atoms with Crippen molar-refractivity contribution in [2.45, 2.75) is 73.3 Å². The van der Waals surface area contributed by atoms with Crippen molar-refractivity contribution in [3.05, 3.63) is 58.7 Å². The van der Waals surface area contributed by atoms with Crippen molar-refractivity contribution in [3.8, 4) is 0 Å². The lowest BCUT2D eigenvalue weighted by atomic mass is 9.72. The first-order valence-electron chi connectivity index (χ1n) is 11.0. The van der Waals surface area contributed by atoms with Crippen molar-refractivity contribution in [2.24, 2.45) is 16.7 Å². The van der Waals surface area contributed by atoms with Gasteiger partial charge in [0.15, 0.2) is 6.29 Å². The third-order valence-corrected chi connectivity index (χ3v) is 6.98. The van der Waals surface area contributed by atoms with Crippen LogP contribution in [0.4, 0.5) is 0 Å². The van der Waals surface area contributed by atoms with Crippen LogP contribution in [-0.4, -0.2) is 24.8 Å². The topological polar surface area (TPSA) is 43.4 Å². The maximum absolute atomic E-state index is 11.5. The molecule has 30 heavy (non-hydrogen) atoms. The minimum atomic E-state index is -0.976. The van der Waals surface area contributed by atoms with Crippen molar-refractivity contribution < 1.29 is 14.3 Å². The Morgan fingerprint density at radius 2 is 1.80 bits per heavy atom. The van der Waals surface area contributed by atoms with Gasteiger partial charge in [-0.15, -0.1) is 0 Å². The zero-order valence-corrected chi connectivity index (χ0v) is 19.7. The normalized spacial score (nSPS) is 29.0. The van der Waals surface area contributed by atoms with Crippen LogP contribution in [0.15, 0.2) is 58.7 Å². The number of hydrogen-bond acceptors (Lipinski definition) is 3. The molecular formula is C27H38O3. The van der Waals surface area contributed by atoms with E-state index in [-0.39, 0.29) is 11.3 Å². The van der Waals surface area contributed by atoms with Crippen molar-refractivity contribution in [1.82, 2.24) is 0 Å². The zero-order valence-electron chi connectivity index (χ0n) is 19.7. The molecule has 164 valence electrons.